The number of nitrogens with zero attached hydrogens (tertiary/aromatic N) is 14. The van der Waals surface area contributed by atoms with Gasteiger partial charge in [0.25, 0.3) is 0 Å². The number of carboxylic acids is 1. The molecule has 0 radical (unpaired) electrons. The van der Waals surface area contributed by atoms with Gasteiger partial charge in [-0.25, -0.2) is 13.2 Å². The molecular weight excluding hydrogens is 1540 g/mol. The quantitative estimate of drug-likeness (QED) is 0.0499. The van der Waals surface area contributed by atoms with Crippen molar-refractivity contribution in [3.05, 3.63) is 168 Å². The lowest BCUT2D eigenvalue weighted by Crippen LogP contribution is -2.47. The number of halogens is 8. The third-order valence-corrected chi connectivity index (χ3v) is 22.9. The van der Waals surface area contributed by atoms with Gasteiger partial charge in [-0.1, -0.05) is 55.5 Å². The minimum absolute atomic E-state index is 0.0100. The minimum atomic E-state index is -3.06. The normalized spacial score (nSPS) is 16.2. The molecule has 4 fully saturated rings. The predicted octanol–water partition coefficient (Wildman–Crippen LogP) is 15.2. The highest BCUT2D eigenvalue weighted by Crippen LogP contribution is 2.41. The molecule has 8 aromatic heterocycles. The van der Waals surface area contributed by atoms with Crippen LogP contribution in [0.3, 0.4) is 0 Å². The van der Waals surface area contributed by atoms with Gasteiger partial charge >= 0.3 is 32.4 Å². The number of ether oxygens (including phenoxy) is 4. The molecule has 116 heavy (non-hydrogen) atoms. The standard InChI is InChI=1S/C25H28F2N4O4S.C21H22F2N4O2.C20H20F2N4O3.C15H11F2N3O2/c1-25(14-36(33,34)15-25)12-21(32)17-11-20-23(28-13-17)22(16-4-3-5-19(10-16)35-24(26)27)29-31(20)18-6-8-30(2)9-7-18;1-13(28)15-11-18-20(24-12-15)19(14-4-3-5-17(10-14)29-21(22)23)25-27(18)16-6-8-26(2)9-7-16;1-25-7-5-14(6-8-25)26-16-10-13(19(27)28)11-23-18(16)17(24-26)12-3-2-4-15(9-12)29-20(21)22;1-8(21)10-6-12-14(18-7-10)13(20-19-12)9-3-2-4-11(5-9)22-15(16)17/h3-5,10-11,13,18,24H,6-9,12,14-15H2,1-2H3;3-5,10-12,16,21H,6-9H2,1-2H3;2-4,9-11,14,20H,5-8H2,1H3,(H,27,28);2-7,15H,1H3,(H,19,20). The number of aromatic amines is 1. The summed E-state index contributed by atoms with van der Waals surface area (Å²) in [7, 11) is 3.15. The number of aromatic nitrogens is 12. The van der Waals surface area contributed by atoms with Crippen LogP contribution < -0.4 is 18.9 Å². The Balaban J connectivity index is 0.000000136. The molecule has 26 nitrogen and oxygen atoms in total. The van der Waals surface area contributed by atoms with E-state index in [1.165, 1.54) is 87.2 Å². The van der Waals surface area contributed by atoms with Crippen molar-refractivity contribution in [1.29, 1.82) is 0 Å². The number of H-pyrrole nitrogens is 1. The van der Waals surface area contributed by atoms with E-state index in [-0.39, 0.29) is 82.0 Å². The maximum atomic E-state index is 13.1. The summed E-state index contributed by atoms with van der Waals surface area (Å²) in [6.45, 7) is -1.34. The summed E-state index contributed by atoms with van der Waals surface area (Å²) < 4.78 is 148. The molecule has 0 unspecified atom stereocenters. The van der Waals surface area contributed by atoms with E-state index in [0.717, 1.165) is 83.3 Å². The van der Waals surface area contributed by atoms with Crippen LogP contribution in [0.1, 0.15) is 125 Å². The van der Waals surface area contributed by atoms with E-state index in [1.807, 2.05) is 27.0 Å². The number of piperidine rings is 3. The van der Waals surface area contributed by atoms with E-state index < -0.39 is 47.7 Å². The summed E-state index contributed by atoms with van der Waals surface area (Å²) >= 11 is 0. The smallest absolute Gasteiger partial charge is 0.387 e. The minimum Gasteiger partial charge on any atom is -0.478 e. The molecule has 0 aliphatic carbocycles. The Morgan fingerprint density at radius 3 is 1.10 bits per heavy atom. The summed E-state index contributed by atoms with van der Waals surface area (Å²) in [5, 5.41) is 30.7. The number of hydrogen-bond acceptors (Lipinski definition) is 21. The van der Waals surface area contributed by atoms with E-state index >= 15 is 0 Å². The number of carboxylic acid groups (broad SMARTS) is 1. The third kappa shape index (κ3) is 19.5. The maximum absolute atomic E-state index is 13.1. The van der Waals surface area contributed by atoms with Gasteiger partial charge in [0, 0.05) is 75.6 Å². The fourth-order valence-corrected chi connectivity index (χ4v) is 17.1. The molecule has 35 heteroatoms. The first-order chi connectivity index (χ1) is 55.4. The van der Waals surface area contributed by atoms with Crippen LogP contribution in [0.5, 0.6) is 23.0 Å². The number of ketones is 3. The molecule has 12 heterocycles. The highest BCUT2D eigenvalue weighted by atomic mass is 32.2. The molecule has 4 aliphatic heterocycles. The largest absolute Gasteiger partial charge is 0.478 e. The fraction of sp³-hybridized carbons (Fsp3) is 0.358. The van der Waals surface area contributed by atoms with Gasteiger partial charge in [0.05, 0.1) is 57.3 Å². The summed E-state index contributed by atoms with van der Waals surface area (Å²) in [5.41, 5.74) is 10.4. The van der Waals surface area contributed by atoms with Crippen molar-refractivity contribution in [2.24, 2.45) is 5.41 Å². The molecule has 0 saturated carbocycles. The number of pyridine rings is 4. The van der Waals surface area contributed by atoms with Crippen LogP contribution in [0.4, 0.5) is 35.1 Å². The number of benzene rings is 4. The Labute approximate surface area is 659 Å². The molecule has 0 atom stereocenters. The van der Waals surface area contributed by atoms with Crippen molar-refractivity contribution in [3.63, 3.8) is 0 Å². The number of alkyl halides is 8. The van der Waals surface area contributed by atoms with Gasteiger partial charge in [-0.3, -0.25) is 53.5 Å². The van der Waals surface area contributed by atoms with Gasteiger partial charge in [-0.05, 0) is 186 Å². The monoisotopic (exact) mass is 1620 g/mol. The first-order valence-electron chi connectivity index (χ1n) is 37.1. The van der Waals surface area contributed by atoms with Gasteiger partial charge in [0.15, 0.2) is 27.2 Å². The number of carbonyl (C=O) groups excluding carboxylic acids is 3. The molecule has 12 aromatic rings. The second kappa shape index (κ2) is 35.2. The van der Waals surface area contributed by atoms with Crippen molar-refractivity contribution in [3.8, 4) is 68.0 Å². The second-order valence-electron chi connectivity index (χ2n) is 29.4. The zero-order valence-corrected chi connectivity index (χ0v) is 64.5. The number of rotatable bonds is 21. The number of Topliss-reactive ketones (excluding diaryl/α,β-unsaturated/α-hetero) is 3. The van der Waals surface area contributed by atoms with E-state index in [9.17, 15) is 67.8 Å². The zero-order valence-electron chi connectivity index (χ0n) is 63.7. The van der Waals surface area contributed by atoms with E-state index in [1.54, 1.807) is 66.7 Å². The predicted molar refractivity (Wildman–Crippen MR) is 415 cm³/mol. The Kier molecular flexibility index (Phi) is 25.0. The molecule has 16 rings (SSSR count). The Morgan fingerprint density at radius 2 is 0.767 bits per heavy atom. The fourth-order valence-electron chi connectivity index (χ4n) is 14.8. The molecular formula is C81H81F8N15O11S. The SMILES string of the molecule is CC(=O)c1cnc2c(-c3cccc(OC(F)F)c3)n[nH]c2c1.CC(=O)c1cnc2c(-c3cccc(OC(F)F)c3)nn(C3CCN(C)CC3)c2c1.CN1CCC(n2nc(-c3cccc(OC(F)F)c3)c3ncc(C(=O)CC4(C)CS(=O)(=O)C4)cc32)CC1.CN1CCC(n2nc(-c3cccc(OC(F)F)c3)c3ncc(C(=O)O)cc32)CC1. The number of aromatic carboxylic acids is 1. The molecule has 0 spiro atoms. The van der Waals surface area contributed by atoms with Crippen molar-refractivity contribution in [2.45, 2.75) is 110 Å². The lowest BCUT2D eigenvalue weighted by molar-refractivity contribution is -0.0505. The van der Waals surface area contributed by atoms with Gasteiger partial charge in [-0.2, -0.15) is 55.5 Å². The van der Waals surface area contributed by atoms with Crippen LogP contribution in [0.15, 0.2) is 146 Å². The lowest BCUT2D eigenvalue weighted by Gasteiger charge is -2.37. The van der Waals surface area contributed by atoms with Crippen molar-refractivity contribution in [2.75, 3.05) is 71.9 Å². The maximum Gasteiger partial charge on any atom is 0.387 e. The van der Waals surface area contributed by atoms with Gasteiger partial charge in [0.2, 0.25) is 0 Å². The molecule has 0 bridgehead atoms. The van der Waals surface area contributed by atoms with Crippen LogP contribution >= 0.6 is 0 Å². The number of sulfone groups is 1. The Hall–Kier alpha value is -11.7. The average molecular weight is 1620 g/mol. The number of fused-ring (bicyclic) bond motifs is 4. The zero-order chi connectivity index (χ0) is 82.4. The van der Waals surface area contributed by atoms with Gasteiger partial charge < -0.3 is 38.8 Å². The highest BCUT2D eigenvalue weighted by Gasteiger charge is 2.46. The van der Waals surface area contributed by atoms with Crippen molar-refractivity contribution >= 4 is 77.3 Å². The van der Waals surface area contributed by atoms with Crippen LogP contribution in [-0.2, 0) is 9.84 Å². The summed E-state index contributed by atoms with van der Waals surface area (Å²) in [6.07, 6.45) is 11.3. The molecule has 608 valence electrons. The molecule has 0 amide bonds. The molecule has 4 saturated heterocycles. The topological polar surface area (TPSA) is 303 Å². The van der Waals surface area contributed by atoms with Gasteiger partial charge in [0.1, 0.15) is 67.8 Å². The number of nitrogens with one attached hydrogen (secondary N) is 1. The Morgan fingerprint density at radius 1 is 0.457 bits per heavy atom. The van der Waals surface area contributed by atoms with Crippen LogP contribution in [0.2, 0.25) is 0 Å². The average Bonchev–Trinajstić information content (AvgIpc) is 1.51. The van der Waals surface area contributed by atoms with Gasteiger partial charge in [-0.15, -0.1) is 0 Å². The molecule has 4 aliphatic rings. The second-order valence-corrected chi connectivity index (χ2v) is 31.5. The number of likely N-dealkylation sites (tertiary alicyclic amines) is 3. The summed E-state index contributed by atoms with van der Waals surface area (Å²) in [5.74, 6) is -1.20. The van der Waals surface area contributed by atoms with E-state index in [4.69, 9.17) is 15.3 Å². The van der Waals surface area contributed by atoms with Crippen molar-refractivity contribution in [1.82, 2.24) is 74.2 Å². The first-order valence-corrected chi connectivity index (χ1v) is 39.0. The van der Waals surface area contributed by atoms with Crippen LogP contribution in [0.25, 0.3) is 89.2 Å². The van der Waals surface area contributed by atoms with E-state index in [0.29, 0.717) is 100 Å². The van der Waals surface area contributed by atoms with E-state index in [2.05, 4.69) is 84.9 Å². The van der Waals surface area contributed by atoms with Crippen LogP contribution in [-0.4, -0.2) is 209 Å². The number of carbonyl (C=O) groups is 4. The van der Waals surface area contributed by atoms with Crippen LogP contribution in [0, 0.1) is 5.41 Å². The molecule has 2 N–H and O–H groups in total. The third-order valence-electron chi connectivity index (χ3n) is 20.6. The Bertz CT molecular complexity index is 5540. The first kappa shape index (κ1) is 82.3. The number of hydrogen-bond donors (Lipinski definition) is 2. The summed E-state index contributed by atoms with van der Waals surface area (Å²) in [4.78, 5) is 72.2. The molecule has 4 aromatic carbocycles. The highest BCUT2D eigenvalue weighted by molar-refractivity contribution is 7.92. The summed E-state index contributed by atoms with van der Waals surface area (Å²) in [6, 6.07) is 32.5. The van der Waals surface area contributed by atoms with Crippen molar-refractivity contribution < 1.29 is 86.8 Å². The lowest BCUT2D eigenvalue weighted by atomic mass is 9.86.